The van der Waals surface area contributed by atoms with Gasteiger partial charge in [-0.2, -0.15) is 0 Å². The van der Waals surface area contributed by atoms with Crippen LogP contribution in [-0.4, -0.2) is 44.6 Å². The molecule has 0 aromatic heterocycles. The molecular formula is C11H19NO4S. The van der Waals surface area contributed by atoms with E-state index in [4.69, 9.17) is 4.74 Å². The van der Waals surface area contributed by atoms with Gasteiger partial charge in [-0.3, -0.25) is 4.79 Å². The lowest BCUT2D eigenvalue weighted by Crippen LogP contribution is -2.45. The first-order valence-electron chi connectivity index (χ1n) is 5.94. The van der Waals surface area contributed by atoms with Gasteiger partial charge in [-0.15, -0.1) is 0 Å². The molecule has 2 aliphatic heterocycles. The second-order valence-corrected chi connectivity index (χ2v) is 7.56. The number of sulfone groups is 1. The summed E-state index contributed by atoms with van der Waals surface area (Å²) in [5.74, 6) is 0.0188. The second kappa shape index (κ2) is 4.24. The van der Waals surface area contributed by atoms with E-state index >= 15 is 0 Å². The second-order valence-electron chi connectivity index (χ2n) is 5.22. The van der Waals surface area contributed by atoms with E-state index in [9.17, 15) is 13.2 Å². The van der Waals surface area contributed by atoms with Crippen molar-refractivity contribution in [3.8, 4) is 0 Å². The lowest BCUT2D eigenvalue weighted by Gasteiger charge is -2.22. The molecule has 98 valence electrons. The van der Waals surface area contributed by atoms with E-state index < -0.39 is 15.4 Å². The molecule has 3 unspecified atom stereocenters. The summed E-state index contributed by atoms with van der Waals surface area (Å²) in [5, 5.41) is 2.83. The van der Waals surface area contributed by atoms with Crippen molar-refractivity contribution in [2.24, 2.45) is 5.92 Å². The number of rotatable bonds is 2. The van der Waals surface area contributed by atoms with Gasteiger partial charge in [0.05, 0.1) is 18.1 Å². The maximum Gasteiger partial charge on any atom is 0.325 e. The predicted molar refractivity (Wildman–Crippen MR) is 63.3 cm³/mol. The van der Waals surface area contributed by atoms with Crippen LogP contribution in [0.25, 0.3) is 0 Å². The van der Waals surface area contributed by atoms with E-state index in [1.807, 2.05) is 0 Å². The van der Waals surface area contributed by atoms with E-state index in [-0.39, 0.29) is 17.1 Å². The standard InChI is InChI=1S/C11H19NO4S/c1-11(10(13)16-2)6-8(7-12-11)9-4-3-5-17(9,14)15/h8-9,12H,3-7H2,1-2H3. The third kappa shape index (κ3) is 2.20. The minimum Gasteiger partial charge on any atom is -0.468 e. The fourth-order valence-corrected chi connectivity index (χ4v) is 5.19. The quantitative estimate of drug-likeness (QED) is 0.714. The number of carbonyl (C=O) groups is 1. The highest BCUT2D eigenvalue weighted by atomic mass is 32.2. The van der Waals surface area contributed by atoms with Crippen molar-refractivity contribution in [1.29, 1.82) is 0 Å². The molecule has 2 saturated heterocycles. The fraction of sp³-hybridized carbons (Fsp3) is 0.909. The van der Waals surface area contributed by atoms with Gasteiger partial charge in [-0.25, -0.2) is 8.42 Å². The molecule has 0 saturated carbocycles. The zero-order valence-corrected chi connectivity index (χ0v) is 11.0. The normalized spacial score (nSPS) is 40.4. The summed E-state index contributed by atoms with van der Waals surface area (Å²) in [7, 11) is -1.59. The van der Waals surface area contributed by atoms with Gasteiger partial charge in [0, 0.05) is 6.54 Å². The summed E-state index contributed by atoms with van der Waals surface area (Å²) in [6.45, 7) is 2.36. The van der Waals surface area contributed by atoms with Gasteiger partial charge in [-0.1, -0.05) is 0 Å². The van der Waals surface area contributed by atoms with E-state index in [0.29, 0.717) is 18.7 Å². The van der Waals surface area contributed by atoms with Crippen molar-refractivity contribution in [3.05, 3.63) is 0 Å². The summed E-state index contributed by atoms with van der Waals surface area (Å²) >= 11 is 0. The van der Waals surface area contributed by atoms with Gasteiger partial charge >= 0.3 is 5.97 Å². The monoisotopic (exact) mass is 261 g/mol. The first-order chi connectivity index (χ1) is 7.89. The van der Waals surface area contributed by atoms with Crippen LogP contribution in [0.1, 0.15) is 26.2 Å². The average molecular weight is 261 g/mol. The largest absolute Gasteiger partial charge is 0.468 e. The Morgan fingerprint density at radius 3 is 2.71 bits per heavy atom. The molecule has 0 bridgehead atoms. The smallest absolute Gasteiger partial charge is 0.325 e. The first kappa shape index (κ1) is 12.8. The van der Waals surface area contributed by atoms with Crippen molar-refractivity contribution in [2.45, 2.75) is 37.0 Å². The summed E-state index contributed by atoms with van der Waals surface area (Å²) in [6, 6.07) is 0. The number of nitrogens with one attached hydrogen (secondary N) is 1. The molecule has 2 rings (SSSR count). The van der Waals surface area contributed by atoms with Crippen LogP contribution in [-0.2, 0) is 19.4 Å². The van der Waals surface area contributed by atoms with Gasteiger partial charge in [0.2, 0.25) is 0 Å². The molecule has 2 fully saturated rings. The van der Waals surface area contributed by atoms with Crippen LogP contribution in [0.3, 0.4) is 0 Å². The molecule has 0 aromatic carbocycles. The number of methoxy groups -OCH3 is 1. The zero-order valence-electron chi connectivity index (χ0n) is 10.2. The Balaban J connectivity index is 2.10. The Kier molecular flexibility index (Phi) is 3.20. The van der Waals surface area contributed by atoms with Crippen LogP contribution < -0.4 is 5.32 Å². The lowest BCUT2D eigenvalue weighted by molar-refractivity contribution is -0.147. The minimum absolute atomic E-state index is 0.0339. The summed E-state index contributed by atoms with van der Waals surface area (Å²) in [6.07, 6.45) is 2.02. The molecule has 1 N–H and O–H groups in total. The lowest BCUT2D eigenvalue weighted by atomic mass is 9.91. The molecular weight excluding hydrogens is 242 g/mol. The van der Waals surface area contributed by atoms with E-state index in [1.54, 1.807) is 6.92 Å². The number of hydrogen-bond acceptors (Lipinski definition) is 5. The molecule has 3 atom stereocenters. The predicted octanol–water partition coefficient (Wildman–Crippen LogP) is 0.105. The Morgan fingerprint density at radius 2 is 2.18 bits per heavy atom. The Morgan fingerprint density at radius 1 is 1.47 bits per heavy atom. The maximum atomic E-state index is 11.9. The average Bonchev–Trinajstić information content (AvgIpc) is 2.81. The fourth-order valence-electron chi connectivity index (χ4n) is 3.01. The van der Waals surface area contributed by atoms with Crippen molar-refractivity contribution >= 4 is 15.8 Å². The molecule has 5 nitrogen and oxygen atoms in total. The number of ether oxygens (including phenoxy) is 1. The summed E-state index contributed by atoms with van der Waals surface area (Å²) in [5.41, 5.74) is -0.725. The highest BCUT2D eigenvalue weighted by molar-refractivity contribution is 7.92. The van der Waals surface area contributed by atoms with Gasteiger partial charge in [0.1, 0.15) is 5.54 Å². The Bertz CT molecular complexity index is 419. The molecule has 0 aromatic rings. The van der Waals surface area contributed by atoms with Crippen molar-refractivity contribution < 1.29 is 17.9 Å². The first-order valence-corrected chi connectivity index (χ1v) is 7.65. The third-order valence-electron chi connectivity index (χ3n) is 3.97. The van der Waals surface area contributed by atoms with Crippen LogP contribution in [0.5, 0.6) is 0 Å². The van der Waals surface area contributed by atoms with Gasteiger partial charge in [-0.05, 0) is 32.1 Å². The van der Waals surface area contributed by atoms with Crippen LogP contribution in [0, 0.1) is 5.92 Å². The van der Waals surface area contributed by atoms with Crippen molar-refractivity contribution in [1.82, 2.24) is 5.32 Å². The van der Waals surface area contributed by atoms with Crippen LogP contribution >= 0.6 is 0 Å². The van der Waals surface area contributed by atoms with Gasteiger partial charge in [0.25, 0.3) is 0 Å². The summed E-state index contributed by atoms with van der Waals surface area (Å²) < 4.78 is 28.5. The van der Waals surface area contributed by atoms with Crippen molar-refractivity contribution in [3.63, 3.8) is 0 Å². The molecule has 6 heteroatoms. The maximum absolute atomic E-state index is 11.9. The molecule has 0 spiro atoms. The Hall–Kier alpha value is -0.620. The number of hydrogen-bond donors (Lipinski definition) is 1. The van der Waals surface area contributed by atoms with E-state index in [2.05, 4.69) is 5.32 Å². The molecule has 17 heavy (non-hydrogen) atoms. The molecule has 0 aliphatic carbocycles. The third-order valence-corrected chi connectivity index (χ3v) is 6.37. The van der Waals surface area contributed by atoms with Crippen molar-refractivity contribution in [2.75, 3.05) is 19.4 Å². The zero-order chi connectivity index (χ0) is 12.7. The highest BCUT2D eigenvalue weighted by Gasteiger charge is 2.48. The summed E-state index contributed by atoms with van der Waals surface area (Å²) in [4.78, 5) is 11.6. The topological polar surface area (TPSA) is 72.5 Å². The van der Waals surface area contributed by atoms with E-state index in [1.165, 1.54) is 7.11 Å². The van der Waals surface area contributed by atoms with Crippen LogP contribution in [0.2, 0.25) is 0 Å². The molecule has 2 aliphatic rings. The van der Waals surface area contributed by atoms with Crippen LogP contribution in [0.4, 0.5) is 0 Å². The van der Waals surface area contributed by atoms with Gasteiger partial charge in [0.15, 0.2) is 9.84 Å². The molecule has 2 heterocycles. The van der Waals surface area contributed by atoms with E-state index in [0.717, 1.165) is 12.8 Å². The Labute approximate surface area is 102 Å². The molecule has 0 radical (unpaired) electrons. The number of carbonyl (C=O) groups excluding carboxylic acids is 1. The number of esters is 1. The SMILES string of the molecule is COC(=O)C1(C)CC(C2CCCS2(=O)=O)CN1. The minimum atomic E-state index is -2.95. The highest BCUT2D eigenvalue weighted by Crippen LogP contribution is 2.35. The van der Waals surface area contributed by atoms with Crippen LogP contribution in [0.15, 0.2) is 0 Å². The molecule has 0 amide bonds. The van der Waals surface area contributed by atoms with Gasteiger partial charge < -0.3 is 10.1 Å².